The number of benzene rings is 2. The number of aromatic nitrogens is 1. The summed E-state index contributed by atoms with van der Waals surface area (Å²) in [4.78, 5) is 23.1. The molecule has 0 fully saturated rings. The van der Waals surface area contributed by atoms with E-state index in [1.54, 1.807) is 12.1 Å². The number of fused-ring (bicyclic) bond motifs is 1. The average molecular weight is 322 g/mol. The predicted octanol–water partition coefficient (Wildman–Crippen LogP) is 2.50. The van der Waals surface area contributed by atoms with Gasteiger partial charge >= 0.3 is 5.97 Å². The lowest BCUT2D eigenvalue weighted by Crippen LogP contribution is -2.13. The van der Waals surface area contributed by atoms with Gasteiger partial charge in [-0.05, 0) is 29.3 Å². The zero-order chi connectivity index (χ0) is 17.1. The number of nitrogens with two attached hydrogens (primary N) is 1. The van der Waals surface area contributed by atoms with Crippen molar-refractivity contribution < 1.29 is 14.3 Å². The van der Waals surface area contributed by atoms with Crippen LogP contribution in [-0.4, -0.2) is 23.6 Å². The van der Waals surface area contributed by atoms with Gasteiger partial charge in [-0.25, -0.2) is 4.79 Å². The first-order chi connectivity index (χ1) is 11.6. The smallest absolute Gasteiger partial charge is 0.337 e. The molecule has 0 aliphatic rings. The van der Waals surface area contributed by atoms with E-state index in [4.69, 9.17) is 10.5 Å². The summed E-state index contributed by atoms with van der Waals surface area (Å²) in [7, 11) is 1.34. The largest absolute Gasteiger partial charge is 0.465 e. The van der Waals surface area contributed by atoms with Crippen LogP contribution < -0.4 is 5.73 Å². The Labute approximate surface area is 139 Å². The highest BCUT2D eigenvalue weighted by atomic mass is 16.5. The molecule has 0 saturated carbocycles. The van der Waals surface area contributed by atoms with Crippen LogP contribution in [0.3, 0.4) is 0 Å². The Morgan fingerprint density at radius 2 is 1.88 bits per heavy atom. The third-order valence-corrected chi connectivity index (χ3v) is 3.95. The Balaban J connectivity index is 2.09. The van der Waals surface area contributed by atoms with Gasteiger partial charge in [0.25, 0.3) is 0 Å². The van der Waals surface area contributed by atoms with Crippen LogP contribution >= 0.6 is 0 Å². The molecular formula is C19H18N2O3. The maximum absolute atomic E-state index is 11.8. The minimum Gasteiger partial charge on any atom is -0.465 e. The molecule has 5 heteroatoms. The molecule has 0 spiro atoms. The van der Waals surface area contributed by atoms with Crippen molar-refractivity contribution in [2.24, 2.45) is 5.73 Å². The van der Waals surface area contributed by atoms with Crippen molar-refractivity contribution in [3.8, 4) is 0 Å². The van der Waals surface area contributed by atoms with Gasteiger partial charge in [0.1, 0.15) is 0 Å². The van der Waals surface area contributed by atoms with Gasteiger partial charge in [0.05, 0.1) is 19.1 Å². The van der Waals surface area contributed by atoms with E-state index in [1.807, 2.05) is 42.6 Å². The minimum atomic E-state index is -0.405. The van der Waals surface area contributed by atoms with Crippen molar-refractivity contribution in [3.63, 3.8) is 0 Å². The third kappa shape index (κ3) is 3.15. The van der Waals surface area contributed by atoms with Gasteiger partial charge in [-0.15, -0.1) is 0 Å². The first-order valence-electron chi connectivity index (χ1n) is 7.61. The maximum atomic E-state index is 11.8. The Morgan fingerprint density at radius 3 is 2.54 bits per heavy atom. The number of carbonyl (C=O) groups excluding carboxylic acids is 2. The summed E-state index contributed by atoms with van der Waals surface area (Å²) in [6.07, 6.45) is 2.05. The van der Waals surface area contributed by atoms with Gasteiger partial charge in [-0.1, -0.05) is 30.3 Å². The van der Waals surface area contributed by atoms with Crippen LogP contribution in [0.2, 0.25) is 0 Å². The van der Waals surface area contributed by atoms with Gasteiger partial charge in [-0.3, -0.25) is 4.79 Å². The summed E-state index contributed by atoms with van der Waals surface area (Å²) in [6.45, 7) is 0.674. The number of amides is 1. The fourth-order valence-electron chi connectivity index (χ4n) is 2.86. The van der Waals surface area contributed by atoms with Crippen LogP contribution in [0, 0.1) is 0 Å². The minimum absolute atomic E-state index is 0.128. The number of nitrogens with zero attached hydrogens (tertiary/aromatic N) is 1. The van der Waals surface area contributed by atoms with Gasteiger partial charge in [0.15, 0.2) is 0 Å². The van der Waals surface area contributed by atoms with Crippen molar-refractivity contribution in [1.29, 1.82) is 0 Å². The molecule has 1 aromatic heterocycles. The number of methoxy groups -OCH3 is 1. The average Bonchev–Trinajstić information content (AvgIpc) is 2.91. The summed E-state index contributed by atoms with van der Waals surface area (Å²) < 4.78 is 6.83. The molecule has 0 unspecified atom stereocenters. The van der Waals surface area contributed by atoms with E-state index in [1.165, 1.54) is 7.11 Å². The van der Waals surface area contributed by atoms with E-state index < -0.39 is 11.9 Å². The lowest BCUT2D eigenvalue weighted by molar-refractivity contribution is -0.117. The normalized spacial score (nSPS) is 10.7. The number of carbonyl (C=O) groups is 2. The Kier molecular flexibility index (Phi) is 4.33. The molecule has 0 saturated heterocycles. The Morgan fingerprint density at radius 1 is 1.12 bits per heavy atom. The molecule has 24 heavy (non-hydrogen) atoms. The molecule has 1 amide bonds. The fraction of sp³-hybridized carbons (Fsp3) is 0.158. The predicted molar refractivity (Wildman–Crippen MR) is 91.7 cm³/mol. The Bertz CT molecular complexity index is 898. The molecule has 5 nitrogen and oxygen atoms in total. The summed E-state index contributed by atoms with van der Waals surface area (Å²) in [5.41, 5.74) is 8.72. The highest BCUT2D eigenvalue weighted by Gasteiger charge is 2.14. The van der Waals surface area contributed by atoms with Crippen LogP contribution in [0.1, 0.15) is 21.5 Å². The van der Waals surface area contributed by atoms with Gasteiger partial charge in [0, 0.05) is 23.6 Å². The summed E-state index contributed by atoms with van der Waals surface area (Å²) in [5.74, 6) is -0.810. The van der Waals surface area contributed by atoms with E-state index >= 15 is 0 Å². The molecule has 1 heterocycles. The first-order valence-corrected chi connectivity index (χ1v) is 7.61. The second kappa shape index (κ2) is 6.58. The number of hydrogen-bond donors (Lipinski definition) is 1. The van der Waals surface area contributed by atoms with Crippen LogP contribution in [0.25, 0.3) is 10.9 Å². The van der Waals surface area contributed by atoms with Crippen molar-refractivity contribution in [2.75, 3.05) is 7.11 Å². The van der Waals surface area contributed by atoms with Gasteiger partial charge in [-0.2, -0.15) is 0 Å². The number of hydrogen-bond acceptors (Lipinski definition) is 3. The molecule has 122 valence electrons. The molecule has 0 bridgehead atoms. The third-order valence-electron chi connectivity index (χ3n) is 3.95. The van der Waals surface area contributed by atoms with Crippen molar-refractivity contribution >= 4 is 22.8 Å². The van der Waals surface area contributed by atoms with E-state index in [2.05, 4.69) is 4.57 Å². The van der Waals surface area contributed by atoms with E-state index in [9.17, 15) is 9.59 Å². The van der Waals surface area contributed by atoms with E-state index in [0.717, 1.165) is 22.0 Å². The van der Waals surface area contributed by atoms with Gasteiger partial charge in [0.2, 0.25) is 5.91 Å². The molecule has 0 radical (unpaired) electrons. The standard InChI is InChI=1S/C19H18N2O3/c1-24-19(23)14-7-8-17-16(9-14)15(10-18(20)22)12-21(17)11-13-5-3-2-4-6-13/h2-9,12H,10-11H2,1H3,(H2,20,22). The number of esters is 1. The number of primary amides is 1. The zero-order valence-corrected chi connectivity index (χ0v) is 13.4. The summed E-state index contributed by atoms with van der Waals surface area (Å²) in [6, 6.07) is 15.4. The van der Waals surface area contributed by atoms with Crippen LogP contribution in [0.5, 0.6) is 0 Å². The van der Waals surface area contributed by atoms with Crippen LogP contribution in [0.4, 0.5) is 0 Å². The molecule has 3 rings (SSSR count). The monoisotopic (exact) mass is 322 g/mol. The Hall–Kier alpha value is -3.08. The zero-order valence-electron chi connectivity index (χ0n) is 13.4. The molecule has 2 N–H and O–H groups in total. The molecule has 0 aliphatic carbocycles. The number of rotatable bonds is 5. The second-order valence-electron chi connectivity index (χ2n) is 5.63. The number of ether oxygens (including phenoxy) is 1. The molecule has 0 aliphatic heterocycles. The lowest BCUT2D eigenvalue weighted by atomic mass is 10.1. The summed E-state index contributed by atoms with van der Waals surface area (Å²) >= 11 is 0. The van der Waals surface area contributed by atoms with Crippen molar-refractivity contribution in [1.82, 2.24) is 4.57 Å². The maximum Gasteiger partial charge on any atom is 0.337 e. The second-order valence-corrected chi connectivity index (χ2v) is 5.63. The van der Waals surface area contributed by atoms with Crippen molar-refractivity contribution in [3.05, 3.63) is 71.4 Å². The highest BCUT2D eigenvalue weighted by molar-refractivity contribution is 5.97. The van der Waals surface area contributed by atoms with Gasteiger partial charge < -0.3 is 15.0 Å². The van der Waals surface area contributed by atoms with Crippen LogP contribution in [0.15, 0.2) is 54.7 Å². The molecule has 0 atom stereocenters. The molecular weight excluding hydrogens is 304 g/mol. The van der Waals surface area contributed by atoms with Crippen LogP contribution in [-0.2, 0) is 22.5 Å². The molecule has 2 aromatic carbocycles. The van der Waals surface area contributed by atoms with E-state index in [-0.39, 0.29) is 6.42 Å². The molecule has 3 aromatic rings. The lowest BCUT2D eigenvalue weighted by Gasteiger charge is -2.06. The SMILES string of the molecule is COC(=O)c1ccc2c(c1)c(CC(N)=O)cn2Cc1ccccc1. The quantitative estimate of drug-likeness (QED) is 0.733. The van der Waals surface area contributed by atoms with E-state index in [0.29, 0.717) is 12.1 Å². The fourth-order valence-corrected chi connectivity index (χ4v) is 2.86. The first kappa shape index (κ1) is 15.8. The van der Waals surface area contributed by atoms with Crippen molar-refractivity contribution in [2.45, 2.75) is 13.0 Å². The topological polar surface area (TPSA) is 74.3 Å². The highest BCUT2D eigenvalue weighted by Crippen LogP contribution is 2.25. The summed E-state index contributed by atoms with van der Waals surface area (Å²) in [5, 5.41) is 0.840.